The van der Waals surface area contributed by atoms with Crippen LogP contribution in [0.4, 0.5) is 19.0 Å². The van der Waals surface area contributed by atoms with Crippen molar-refractivity contribution >= 4 is 11.7 Å². The Morgan fingerprint density at radius 3 is 2.50 bits per heavy atom. The lowest BCUT2D eigenvalue weighted by Gasteiger charge is -2.33. The standard InChI is InChI=1S/C26H25F3N6O/c1-17-4-8-19(9-5-17)21-14-23(26(27,28)29)35-24(31-21)15-22(32-35)25(36)33(2)16-18-6-10-20(11-7-18)34-13-3-12-30-34/h3-13,15,21,23,31H,14,16H2,1-2H3/t21-,23-/m1/s1. The quantitative estimate of drug-likeness (QED) is 0.408. The lowest BCUT2D eigenvalue weighted by atomic mass is 9.96. The van der Waals surface area contributed by atoms with Crippen LogP contribution in [0.15, 0.2) is 73.1 Å². The highest BCUT2D eigenvalue weighted by Crippen LogP contribution is 2.43. The summed E-state index contributed by atoms with van der Waals surface area (Å²) in [7, 11) is 1.60. The first-order chi connectivity index (χ1) is 17.2. The Kier molecular flexibility index (Phi) is 6.03. The van der Waals surface area contributed by atoms with Gasteiger partial charge < -0.3 is 10.2 Å². The Morgan fingerprint density at radius 2 is 1.86 bits per heavy atom. The minimum atomic E-state index is -4.51. The molecule has 1 aliphatic rings. The second-order valence-electron chi connectivity index (χ2n) is 9.04. The van der Waals surface area contributed by atoms with Gasteiger partial charge in [-0.15, -0.1) is 0 Å². The summed E-state index contributed by atoms with van der Waals surface area (Å²) in [5, 5.41) is 11.4. The maximum atomic E-state index is 14.0. The van der Waals surface area contributed by atoms with Crippen LogP contribution in [0.25, 0.3) is 5.69 Å². The molecule has 0 saturated heterocycles. The fraction of sp³-hybridized carbons (Fsp3) is 0.269. The molecule has 36 heavy (non-hydrogen) atoms. The van der Waals surface area contributed by atoms with Gasteiger partial charge in [-0.25, -0.2) is 9.36 Å². The molecule has 5 rings (SSSR count). The van der Waals surface area contributed by atoms with Gasteiger partial charge in [0.1, 0.15) is 5.82 Å². The van der Waals surface area contributed by atoms with Gasteiger partial charge in [0.15, 0.2) is 11.7 Å². The molecule has 0 spiro atoms. The number of alkyl halides is 3. The van der Waals surface area contributed by atoms with Gasteiger partial charge in [-0.05, 0) is 36.2 Å². The molecule has 0 bridgehead atoms. The maximum Gasteiger partial charge on any atom is 0.410 e. The molecule has 2 atom stereocenters. The van der Waals surface area contributed by atoms with E-state index in [0.29, 0.717) is 0 Å². The average molecular weight is 495 g/mol. The number of aryl methyl sites for hydroxylation is 1. The Labute approximate surface area is 206 Å². The molecule has 0 radical (unpaired) electrons. The minimum absolute atomic E-state index is 0.0352. The largest absolute Gasteiger partial charge is 0.410 e. The molecule has 7 nitrogen and oxygen atoms in total. The van der Waals surface area contributed by atoms with Crippen LogP contribution in [0.3, 0.4) is 0 Å². The monoisotopic (exact) mass is 494 g/mol. The number of fused-ring (bicyclic) bond motifs is 1. The SMILES string of the molecule is Cc1ccc([C@H]2C[C@H](C(F)(F)F)n3nc(C(=O)N(C)Cc4ccc(-n5cccn5)cc4)cc3N2)cc1. The van der Waals surface area contributed by atoms with Gasteiger partial charge >= 0.3 is 6.18 Å². The first kappa shape index (κ1) is 23.7. The van der Waals surface area contributed by atoms with E-state index in [1.807, 2.05) is 67.7 Å². The van der Waals surface area contributed by atoms with Gasteiger partial charge in [-0.2, -0.15) is 23.4 Å². The molecule has 4 aromatic rings. The normalized spacial score (nSPS) is 17.4. The van der Waals surface area contributed by atoms with Crippen LogP contribution in [0.1, 0.15) is 45.7 Å². The van der Waals surface area contributed by atoms with Gasteiger partial charge in [0, 0.05) is 38.5 Å². The van der Waals surface area contributed by atoms with E-state index in [9.17, 15) is 18.0 Å². The fourth-order valence-electron chi connectivity index (χ4n) is 4.41. The van der Waals surface area contributed by atoms with Crippen LogP contribution in [0.2, 0.25) is 0 Å². The Morgan fingerprint density at radius 1 is 1.14 bits per heavy atom. The molecule has 0 unspecified atom stereocenters. The molecule has 186 valence electrons. The molecular formula is C26H25F3N6O. The van der Waals surface area contributed by atoms with E-state index in [1.54, 1.807) is 17.9 Å². The number of hydrogen-bond donors (Lipinski definition) is 1. The third-order valence-corrected chi connectivity index (χ3v) is 6.36. The highest BCUT2D eigenvalue weighted by atomic mass is 19.4. The number of hydrogen-bond acceptors (Lipinski definition) is 4. The van der Waals surface area contributed by atoms with E-state index >= 15 is 0 Å². The summed E-state index contributed by atoms with van der Waals surface area (Å²) in [4.78, 5) is 14.5. The number of nitrogens with one attached hydrogen (secondary N) is 1. The molecule has 0 aliphatic carbocycles. The minimum Gasteiger partial charge on any atom is -0.363 e. The van der Waals surface area contributed by atoms with Crippen molar-refractivity contribution in [1.29, 1.82) is 0 Å². The predicted octanol–water partition coefficient (Wildman–Crippen LogP) is 5.31. The Balaban J connectivity index is 1.35. The van der Waals surface area contributed by atoms with Gasteiger partial charge in [-0.1, -0.05) is 42.0 Å². The fourth-order valence-corrected chi connectivity index (χ4v) is 4.41. The second kappa shape index (κ2) is 9.18. The van der Waals surface area contributed by atoms with E-state index in [1.165, 1.54) is 11.0 Å². The van der Waals surface area contributed by atoms with E-state index in [2.05, 4.69) is 15.5 Å². The Bertz CT molecular complexity index is 1340. The van der Waals surface area contributed by atoms with Crippen molar-refractivity contribution in [2.75, 3.05) is 12.4 Å². The predicted molar refractivity (Wildman–Crippen MR) is 129 cm³/mol. The van der Waals surface area contributed by atoms with Crippen LogP contribution in [0, 0.1) is 6.92 Å². The van der Waals surface area contributed by atoms with Crippen molar-refractivity contribution in [2.24, 2.45) is 0 Å². The van der Waals surface area contributed by atoms with Crippen LogP contribution in [0.5, 0.6) is 0 Å². The first-order valence-electron chi connectivity index (χ1n) is 11.5. The summed E-state index contributed by atoms with van der Waals surface area (Å²) in [5.41, 5.74) is 3.50. The van der Waals surface area contributed by atoms with Crippen molar-refractivity contribution in [3.8, 4) is 5.69 Å². The molecule has 0 saturated carbocycles. The van der Waals surface area contributed by atoms with E-state index in [0.717, 1.165) is 27.1 Å². The number of nitrogens with zero attached hydrogens (tertiary/aromatic N) is 5. The van der Waals surface area contributed by atoms with Gasteiger partial charge in [0.2, 0.25) is 0 Å². The number of anilines is 1. The molecule has 1 aliphatic heterocycles. The number of aromatic nitrogens is 4. The number of benzene rings is 2. The van der Waals surface area contributed by atoms with Gasteiger partial charge in [-0.3, -0.25) is 4.79 Å². The molecule has 0 fully saturated rings. The zero-order valence-electron chi connectivity index (χ0n) is 19.8. The van der Waals surface area contributed by atoms with Crippen LogP contribution >= 0.6 is 0 Å². The average Bonchev–Trinajstić information content (AvgIpc) is 3.53. The number of halogens is 3. The summed E-state index contributed by atoms with van der Waals surface area (Å²) < 4.78 is 44.5. The van der Waals surface area contributed by atoms with Gasteiger partial charge in [0.05, 0.1) is 11.7 Å². The number of carbonyl (C=O) groups is 1. The summed E-state index contributed by atoms with van der Waals surface area (Å²) in [5.74, 6) is -0.280. The van der Waals surface area contributed by atoms with E-state index < -0.39 is 24.2 Å². The van der Waals surface area contributed by atoms with Crippen molar-refractivity contribution < 1.29 is 18.0 Å². The lowest BCUT2D eigenvalue weighted by molar-refractivity contribution is -0.173. The summed E-state index contributed by atoms with van der Waals surface area (Å²) >= 11 is 0. The third-order valence-electron chi connectivity index (χ3n) is 6.36. The number of rotatable bonds is 5. The van der Waals surface area contributed by atoms with Crippen LogP contribution in [-0.2, 0) is 6.54 Å². The van der Waals surface area contributed by atoms with Crippen molar-refractivity contribution in [2.45, 2.75) is 38.1 Å². The molecule has 2 aromatic heterocycles. The summed E-state index contributed by atoms with van der Waals surface area (Å²) in [6.45, 7) is 2.20. The highest BCUT2D eigenvalue weighted by Gasteiger charge is 2.46. The van der Waals surface area contributed by atoms with Crippen molar-refractivity contribution in [3.05, 3.63) is 95.4 Å². The lowest BCUT2D eigenvalue weighted by Crippen LogP contribution is -2.35. The molecule has 1 N–H and O–H groups in total. The molecular weight excluding hydrogens is 469 g/mol. The number of amides is 1. The highest BCUT2D eigenvalue weighted by molar-refractivity contribution is 5.93. The van der Waals surface area contributed by atoms with Crippen LogP contribution in [-0.4, -0.2) is 43.6 Å². The topological polar surface area (TPSA) is 68.0 Å². The summed E-state index contributed by atoms with van der Waals surface area (Å²) in [6.07, 6.45) is -1.20. The zero-order valence-corrected chi connectivity index (χ0v) is 19.8. The summed E-state index contributed by atoms with van der Waals surface area (Å²) in [6, 6.07) is 15.8. The molecule has 1 amide bonds. The second-order valence-corrected chi connectivity index (χ2v) is 9.04. The molecule has 10 heteroatoms. The first-order valence-corrected chi connectivity index (χ1v) is 11.5. The maximum absolute atomic E-state index is 14.0. The smallest absolute Gasteiger partial charge is 0.363 e. The Hall–Kier alpha value is -4.08. The van der Waals surface area contributed by atoms with Crippen molar-refractivity contribution in [3.63, 3.8) is 0 Å². The van der Waals surface area contributed by atoms with E-state index in [4.69, 9.17) is 0 Å². The van der Waals surface area contributed by atoms with E-state index in [-0.39, 0.29) is 24.5 Å². The zero-order chi connectivity index (χ0) is 25.4. The molecule has 2 aromatic carbocycles. The molecule has 3 heterocycles. The van der Waals surface area contributed by atoms with Crippen molar-refractivity contribution in [1.82, 2.24) is 24.5 Å². The van der Waals surface area contributed by atoms with Crippen LogP contribution < -0.4 is 5.32 Å². The third kappa shape index (κ3) is 4.71. The van der Waals surface area contributed by atoms with Gasteiger partial charge in [0.25, 0.3) is 5.91 Å². The number of carbonyl (C=O) groups excluding carboxylic acids is 1.